The number of fused-ring (bicyclic) bond motifs is 1. The van der Waals surface area contributed by atoms with Gasteiger partial charge in [0.05, 0.1) is 35.0 Å². The lowest BCUT2D eigenvalue weighted by Crippen LogP contribution is -2.40. The molecule has 4 rings (SSSR count). The minimum absolute atomic E-state index is 0.0738. The second-order valence-corrected chi connectivity index (χ2v) is 11.0. The summed E-state index contributed by atoms with van der Waals surface area (Å²) in [7, 11) is -3.49. The normalized spacial score (nSPS) is 15.6. The molecular weight excluding hydrogens is 430 g/mol. The minimum atomic E-state index is -3.49. The molecule has 7 nitrogen and oxygen atoms in total. The maximum absolute atomic E-state index is 12.7. The summed E-state index contributed by atoms with van der Waals surface area (Å²) in [6.07, 6.45) is 0.941. The number of amides is 1. The van der Waals surface area contributed by atoms with Crippen molar-refractivity contribution in [2.24, 2.45) is 0 Å². The van der Waals surface area contributed by atoms with Crippen LogP contribution in [0.4, 0.5) is 0 Å². The van der Waals surface area contributed by atoms with E-state index in [0.29, 0.717) is 49.9 Å². The summed E-state index contributed by atoms with van der Waals surface area (Å²) in [5.74, 6) is -0.0738. The van der Waals surface area contributed by atoms with Crippen LogP contribution in [0.3, 0.4) is 0 Å². The largest absolute Gasteiger partial charge is 0.379 e. The molecule has 29 heavy (non-hydrogen) atoms. The lowest BCUT2D eigenvalue weighted by molar-refractivity contribution is -0.121. The fourth-order valence-corrected chi connectivity index (χ4v) is 6.85. The van der Waals surface area contributed by atoms with Crippen molar-refractivity contribution in [3.05, 3.63) is 46.3 Å². The number of thiophene rings is 1. The molecule has 0 saturated carbocycles. The van der Waals surface area contributed by atoms with Crippen molar-refractivity contribution >= 4 is 48.8 Å². The van der Waals surface area contributed by atoms with E-state index in [1.165, 1.54) is 15.6 Å². The van der Waals surface area contributed by atoms with Gasteiger partial charge < -0.3 is 10.1 Å². The summed E-state index contributed by atoms with van der Waals surface area (Å²) >= 11 is 2.80. The first-order valence-electron chi connectivity index (χ1n) is 9.30. The van der Waals surface area contributed by atoms with Crippen LogP contribution in [0.15, 0.2) is 40.6 Å². The third-order valence-corrected chi connectivity index (χ3v) is 9.11. The number of benzene rings is 1. The highest BCUT2D eigenvalue weighted by atomic mass is 32.2. The van der Waals surface area contributed by atoms with E-state index in [9.17, 15) is 13.2 Å². The molecule has 1 amide bonds. The molecule has 0 bridgehead atoms. The van der Waals surface area contributed by atoms with Crippen molar-refractivity contribution < 1.29 is 17.9 Å². The van der Waals surface area contributed by atoms with Crippen LogP contribution >= 0.6 is 22.7 Å². The molecule has 2 aromatic heterocycles. The van der Waals surface area contributed by atoms with E-state index in [1.54, 1.807) is 23.5 Å². The molecule has 3 aromatic rings. The Morgan fingerprint density at radius 1 is 1.14 bits per heavy atom. The molecule has 1 saturated heterocycles. The SMILES string of the molecule is O=C(CCc1nc2ccccc2s1)NCc1ccc(S(=O)(=O)N2CCOCC2)s1. The first-order valence-corrected chi connectivity index (χ1v) is 12.4. The van der Waals surface area contributed by atoms with E-state index < -0.39 is 10.0 Å². The lowest BCUT2D eigenvalue weighted by atomic mass is 10.3. The molecule has 154 valence electrons. The molecule has 1 N–H and O–H groups in total. The molecular formula is C19H21N3O4S3. The highest BCUT2D eigenvalue weighted by Gasteiger charge is 2.27. The van der Waals surface area contributed by atoms with Gasteiger partial charge in [-0.25, -0.2) is 13.4 Å². The van der Waals surface area contributed by atoms with Gasteiger partial charge >= 0.3 is 0 Å². The summed E-state index contributed by atoms with van der Waals surface area (Å²) in [6.45, 7) is 1.91. The first-order chi connectivity index (χ1) is 14.0. The van der Waals surface area contributed by atoms with Gasteiger partial charge in [0.2, 0.25) is 5.91 Å². The number of ether oxygens (including phenoxy) is 1. The summed E-state index contributed by atoms with van der Waals surface area (Å²) in [5, 5.41) is 3.81. The molecule has 1 aromatic carbocycles. The van der Waals surface area contributed by atoms with Crippen molar-refractivity contribution in [1.29, 1.82) is 0 Å². The number of sulfonamides is 1. The first kappa shape index (κ1) is 20.4. The number of nitrogens with zero attached hydrogens (tertiary/aromatic N) is 2. The molecule has 1 fully saturated rings. The molecule has 0 unspecified atom stereocenters. The Labute approximate surface area is 177 Å². The average Bonchev–Trinajstić information content (AvgIpc) is 3.38. The lowest BCUT2D eigenvalue weighted by Gasteiger charge is -2.25. The number of carbonyl (C=O) groups is 1. The molecule has 10 heteroatoms. The van der Waals surface area contributed by atoms with Gasteiger partial charge in [0.15, 0.2) is 0 Å². The van der Waals surface area contributed by atoms with Gasteiger partial charge in [-0.2, -0.15) is 4.31 Å². The molecule has 0 spiro atoms. The van der Waals surface area contributed by atoms with Gasteiger partial charge in [0, 0.05) is 30.8 Å². The molecule has 0 atom stereocenters. The van der Waals surface area contributed by atoms with Crippen molar-refractivity contribution in [3.8, 4) is 0 Å². The number of aromatic nitrogens is 1. The Morgan fingerprint density at radius 3 is 2.72 bits per heavy atom. The van der Waals surface area contributed by atoms with Gasteiger partial charge in [-0.15, -0.1) is 22.7 Å². The quantitative estimate of drug-likeness (QED) is 0.597. The summed E-state index contributed by atoms with van der Waals surface area (Å²) in [6, 6.07) is 11.3. The maximum atomic E-state index is 12.7. The number of hydrogen-bond donors (Lipinski definition) is 1. The van der Waals surface area contributed by atoms with Crippen molar-refractivity contribution in [3.63, 3.8) is 0 Å². The Bertz CT molecular complexity index is 1070. The summed E-state index contributed by atoms with van der Waals surface area (Å²) < 4.78 is 33.4. The topological polar surface area (TPSA) is 88.6 Å². The standard InChI is InChI=1S/C19H21N3O4S3/c23-17(6-7-18-21-15-3-1-2-4-16(15)28-18)20-13-14-5-8-19(27-14)29(24,25)22-9-11-26-12-10-22/h1-5,8H,6-7,9-13H2,(H,20,23). The van der Waals surface area contributed by atoms with Gasteiger partial charge in [-0.05, 0) is 24.3 Å². The van der Waals surface area contributed by atoms with E-state index in [1.807, 2.05) is 24.3 Å². The van der Waals surface area contributed by atoms with Crippen LogP contribution in [0.5, 0.6) is 0 Å². The number of morpholine rings is 1. The number of nitrogens with one attached hydrogen (secondary N) is 1. The second-order valence-electron chi connectivity index (χ2n) is 6.59. The molecule has 1 aliphatic heterocycles. The minimum Gasteiger partial charge on any atom is -0.379 e. The highest BCUT2D eigenvalue weighted by molar-refractivity contribution is 7.91. The molecule has 0 radical (unpaired) electrons. The smallest absolute Gasteiger partial charge is 0.252 e. The molecule has 0 aliphatic carbocycles. The Morgan fingerprint density at radius 2 is 1.93 bits per heavy atom. The number of aryl methyl sites for hydroxylation is 1. The third kappa shape index (κ3) is 4.84. The van der Waals surface area contributed by atoms with Crippen LogP contribution in [0.2, 0.25) is 0 Å². The van der Waals surface area contributed by atoms with Crippen LogP contribution in [0.25, 0.3) is 10.2 Å². The predicted octanol–water partition coefficient (Wildman–Crippen LogP) is 2.63. The maximum Gasteiger partial charge on any atom is 0.252 e. The number of carbonyl (C=O) groups excluding carboxylic acids is 1. The van der Waals surface area contributed by atoms with E-state index in [0.717, 1.165) is 20.1 Å². The number of thiazole rings is 1. The van der Waals surface area contributed by atoms with Crippen LogP contribution in [0, 0.1) is 0 Å². The third-order valence-electron chi connectivity index (χ3n) is 4.57. The predicted molar refractivity (Wildman–Crippen MR) is 114 cm³/mol. The molecule has 3 heterocycles. The summed E-state index contributed by atoms with van der Waals surface area (Å²) in [5.41, 5.74) is 0.959. The zero-order valence-electron chi connectivity index (χ0n) is 15.7. The zero-order chi connectivity index (χ0) is 20.3. The van der Waals surface area contributed by atoms with E-state index >= 15 is 0 Å². The Hall–Kier alpha value is -1.85. The average molecular weight is 452 g/mol. The van der Waals surface area contributed by atoms with Crippen LogP contribution in [-0.2, 0) is 32.5 Å². The van der Waals surface area contributed by atoms with Gasteiger partial charge in [0.25, 0.3) is 10.0 Å². The fraction of sp³-hybridized carbons (Fsp3) is 0.368. The van der Waals surface area contributed by atoms with Gasteiger partial charge in [-0.3, -0.25) is 4.79 Å². The van der Waals surface area contributed by atoms with Crippen molar-refractivity contribution in [1.82, 2.24) is 14.6 Å². The Kier molecular flexibility index (Phi) is 6.26. The highest BCUT2D eigenvalue weighted by Crippen LogP contribution is 2.26. The van der Waals surface area contributed by atoms with Gasteiger partial charge in [-0.1, -0.05) is 12.1 Å². The van der Waals surface area contributed by atoms with Crippen molar-refractivity contribution in [2.45, 2.75) is 23.6 Å². The monoisotopic (exact) mass is 451 g/mol. The van der Waals surface area contributed by atoms with E-state index in [2.05, 4.69) is 10.3 Å². The number of para-hydroxylation sites is 1. The fourth-order valence-electron chi connectivity index (χ4n) is 3.03. The van der Waals surface area contributed by atoms with Gasteiger partial charge in [0.1, 0.15) is 4.21 Å². The summed E-state index contributed by atoms with van der Waals surface area (Å²) in [4.78, 5) is 17.5. The molecule has 1 aliphatic rings. The van der Waals surface area contributed by atoms with Crippen molar-refractivity contribution in [2.75, 3.05) is 26.3 Å². The van der Waals surface area contributed by atoms with E-state index in [-0.39, 0.29) is 5.91 Å². The van der Waals surface area contributed by atoms with E-state index in [4.69, 9.17) is 4.74 Å². The zero-order valence-corrected chi connectivity index (χ0v) is 18.1. The second kappa shape index (κ2) is 8.88. The Balaban J connectivity index is 1.29. The van der Waals surface area contributed by atoms with Crippen LogP contribution in [-0.4, -0.2) is 49.9 Å². The number of hydrogen-bond acceptors (Lipinski definition) is 7. The number of rotatable bonds is 7. The van der Waals surface area contributed by atoms with Crippen LogP contribution in [0.1, 0.15) is 16.3 Å². The van der Waals surface area contributed by atoms with Crippen LogP contribution < -0.4 is 5.32 Å².